The summed E-state index contributed by atoms with van der Waals surface area (Å²) in [5, 5.41) is 8.72. The molecule has 4 heterocycles. The lowest BCUT2D eigenvalue weighted by atomic mass is 9.95. The number of carbonyl (C=O) groups is 2. The van der Waals surface area contributed by atoms with Gasteiger partial charge in [0.05, 0.1) is 11.4 Å². The summed E-state index contributed by atoms with van der Waals surface area (Å²) in [5.74, 6) is -1.29. The number of benzene rings is 2. The molecule has 4 aromatic rings. The van der Waals surface area contributed by atoms with E-state index in [2.05, 4.69) is 20.6 Å². The zero-order valence-electron chi connectivity index (χ0n) is 22.4. The number of rotatable bonds is 7. The van der Waals surface area contributed by atoms with Gasteiger partial charge in [0.2, 0.25) is 0 Å². The predicted molar refractivity (Wildman–Crippen MR) is 147 cm³/mol. The van der Waals surface area contributed by atoms with Gasteiger partial charge in [-0.15, -0.1) is 0 Å². The fraction of sp³-hybridized carbons (Fsp3) is 0.400. The maximum atomic E-state index is 14.3. The molecule has 4 N–H and O–H groups in total. The number of hydrogen-bond acceptors (Lipinski definition) is 6. The normalized spacial score (nSPS) is 22.8. The van der Waals surface area contributed by atoms with Crippen LogP contribution in [0.2, 0.25) is 0 Å². The molecule has 2 saturated heterocycles. The van der Waals surface area contributed by atoms with E-state index in [1.807, 2.05) is 0 Å². The number of aromatic nitrogens is 2. The van der Waals surface area contributed by atoms with Crippen LogP contribution in [-0.2, 0) is 31.9 Å². The van der Waals surface area contributed by atoms with E-state index in [9.17, 15) is 18.4 Å². The van der Waals surface area contributed by atoms with Gasteiger partial charge in [0.25, 0.3) is 0 Å². The number of fused-ring (bicyclic) bond motifs is 2. The van der Waals surface area contributed by atoms with Gasteiger partial charge in [-0.25, -0.2) is 8.78 Å². The average molecular weight is 551 g/mol. The van der Waals surface area contributed by atoms with E-state index in [0.717, 1.165) is 33.3 Å². The quantitative estimate of drug-likeness (QED) is 0.256. The molecule has 4 atom stereocenters. The highest BCUT2D eigenvalue weighted by Crippen LogP contribution is 2.38. The Morgan fingerprint density at radius 2 is 1.18 bits per heavy atom. The minimum Gasteiger partial charge on any atom is -0.461 e. The number of halogens is 2. The van der Waals surface area contributed by atoms with Crippen LogP contribution in [-0.4, -0.2) is 59.3 Å². The fourth-order valence-electron chi connectivity index (χ4n) is 6.32. The first-order valence-electron chi connectivity index (χ1n) is 13.6. The number of H-pyrrole nitrogens is 2. The highest BCUT2D eigenvalue weighted by atomic mass is 19.1. The molecule has 40 heavy (non-hydrogen) atoms. The topological polar surface area (TPSA) is 108 Å². The van der Waals surface area contributed by atoms with Crippen molar-refractivity contribution in [1.29, 1.82) is 0 Å². The molecular weight excluding hydrogens is 518 g/mol. The Labute approximate surface area is 229 Å². The molecule has 0 aliphatic carbocycles. The molecular formula is C30H32F2N4O4. The molecule has 6 rings (SSSR count). The van der Waals surface area contributed by atoms with Crippen LogP contribution in [0.5, 0.6) is 0 Å². The van der Waals surface area contributed by atoms with Gasteiger partial charge in [0, 0.05) is 73.7 Å². The molecule has 0 amide bonds. The Morgan fingerprint density at radius 1 is 0.750 bits per heavy atom. The molecule has 0 bridgehead atoms. The lowest BCUT2D eigenvalue weighted by Crippen LogP contribution is -2.24. The van der Waals surface area contributed by atoms with Crippen LogP contribution in [0, 0.1) is 11.6 Å². The van der Waals surface area contributed by atoms with Crippen molar-refractivity contribution >= 4 is 33.7 Å². The minimum absolute atomic E-state index is 0.0541. The van der Waals surface area contributed by atoms with Crippen LogP contribution >= 0.6 is 0 Å². The van der Waals surface area contributed by atoms with Gasteiger partial charge >= 0.3 is 11.9 Å². The number of hydrogen-bond donors (Lipinski definition) is 4. The number of carbonyl (C=O) groups excluding carboxylic acids is 2. The summed E-state index contributed by atoms with van der Waals surface area (Å²) >= 11 is 0. The van der Waals surface area contributed by atoms with E-state index < -0.39 is 0 Å². The van der Waals surface area contributed by atoms with Crippen molar-refractivity contribution in [2.75, 3.05) is 13.1 Å². The van der Waals surface area contributed by atoms with Gasteiger partial charge in [-0.1, -0.05) is 0 Å². The molecule has 210 valence electrons. The Hall–Kier alpha value is -3.76. The van der Waals surface area contributed by atoms with E-state index in [-0.39, 0.29) is 47.9 Å². The molecule has 0 unspecified atom stereocenters. The zero-order chi connectivity index (χ0) is 28.0. The zero-order valence-corrected chi connectivity index (χ0v) is 22.4. The summed E-state index contributed by atoms with van der Waals surface area (Å²) in [5.41, 5.74) is 4.98. The maximum absolute atomic E-state index is 14.3. The fourth-order valence-corrected chi connectivity index (χ4v) is 6.32. The number of aromatic amines is 2. The summed E-state index contributed by atoms with van der Waals surface area (Å²) in [6.45, 7) is 3.97. The minimum atomic E-state index is -0.341. The molecule has 0 saturated carbocycles. The summed E-state index contributed by atoms with van der Waals surface area (Å²) in [6.07, 6.45) is 2.19. The van der Waals surface area contributed by atoms with Crippen LogP contribution in [0.1, 0.15) is 37.8 Å². The summed E-state index contributed by atoms with van der Waals surface area (Å²) in [7, 11) is 0. The van der Waals surface area contributed by atoms with Crippen LogP contribution in [0.15, 0.2) is 36.4 Å². The van der Waals surface area contributed by atoms with Crippen molar-refractivity contribution in [3.05, 3.63) is 59.2 Å². The third-order valence-electron chi connectivity index (χ3n) is 7.92. The summed E-state index contributed by atoms with van der Waals surface area (Å²) in [6, 6.07) is 9.54. The van der Waals surface area contributed by atoms with Gasteiger partial charge in [-0.3, -0.25) is 9.59 Å². The maximum Gasteiger partial charge on any atom is 0.302 e. The van der Waals surface area contributed by atoms with Gasteiger partial charge < -0.3 is 30.1 Å². The van der Waals surface area contributed by atoms with Gasteiger partial charge in [0.15, 0.2) is 0 Å². The Kier molecular flexibility index (Phi) is 7.06. The first kappa shape index (κ1) is 26.5. The third kappa shape index (κ3) is 5.33. The van der Waals surface area contributed by atoms with Gasteiger partial charge in [0.1, 0.15) is 23.8 Å². The largest absolute Gasteiger partial charge is 0.461 e. The smallest absolute Gasteiger partial charge is 0.302 e. The molecule has 0 spiro atoms. The number of nitrogens with one attached hydrogen (secondary N) is 4. The second-order valence-electron chi connectivity index (χ2n) is 10.9. The van der Waals surface area contributed by atoms with Crippen LogP contribution < -0.4 is 10.6 Å². The van der Waals surface area contributed by atoms with Crippen molar-refractivity contribution in [2.24, 2.45) is 0 Å². The van der Waals surface area contributed by atoms with Crippen molar-refractivity contribution in [2.45, 2.75) is 63.8 Å². The molecule has 8 nitrogen and oxygen atoms in total. The Balaban J connectivity index is 1.40. The van der Waals surface area contributed by atoms with Crippen molar-refractivity contribution in [3.8, 4) is 11.4 Å². The molecule has 2 fully saturated rings. The summed E-state index contributed by atoms with van der Waals surface area (Å²) < 4.78 is 39.4. The third-order valence-corrected chi connectivity index (χ3v) is 7.92. The van der Waals surface area contributed by atoms with E-state index in [1.54, 1.807) is 12.1 Å². The second kappa shape index (κ2) is 10.7. The summed E-state index contributed by atoms with van der Waals surface area (Å²) in [4.78, 5) is 29.9. The molecule has 2 aliphatic rings. The average Bonchev–Trinajstić information content (AvgIpc) is 3.66. The van der Waals surface area contributed by atoms with Crippen molar-refractivity contribution in [1.82, 2.24) is 20.6 Å². The molecule has 2 aliphatic heterocycles. The number of esters is 2. The molecule has 2 aromatic carbocycles. The highest BCUT2D eigenvalue weighted by molar-refractivity contribution is 5.96. The monoisotopic (exact) mass is 550 g/mol. The number of ether oxygens (including phenoxy) is 2. The van der Waals surface area contributed by atoms with Crippen LogP contribution in [0.3, 0.4) is 0 Å². The van der Waals surface area contributed by atoms with E-state index in [0.29, 0.717) is 49.8 Å². The lowest BCUT2D eigenvalue weighted by Gasteiger charge is -2.15. The van der Waals surface area contributed by atoms with E-state index >= 15 is 0 Å². The van der Waals surface area contributed by atoms with E-state index in [1.165, 1.54) is 38.1 Å². The van der Waals surface area contributed by atoms with Crippen molar-refractivity contribution < 1.29 is 27.8 Å². The first-order chi connectivity index (χ1) is 19.2. The second-order valence-corrected chi connectivity index (χ2v) is 10.9. The van der Waals surface area contributed by atoms with E-state index in [4.69, 9.17) is 9.47 Å². The Morgan fingerprint density at radius 3 is 1.57 bits per heavy atom. The van der Waals surface area contributed by atoms with Gasteiger partial charge in [-0.05, 0) is 60.4 Å². The van der Waals surface area contributed by atoms with Crippen LogP contribution in [0.25, 0.3) is 33.2 Å². The predicted octanol–water partition coefficient (Wildman–Crippen LogP) is 4.27. The van der Waals surface area contributed by atoms with Gasteiger partial charge in [-0.2, -0.15) is 0 Å². The lowest BCUT2D eigenvalue weighted by molar-refractivity contribution is -0.146. The Bertz CT molecular complexity index is 1480. The first-order valence-corrected chi connectivity index (χ1v) is 13.6. The molecule has 2 aromatic heterocycles. The SMILES string of the molecule is CC(=O)O[C@@H]1CN[C@H](Cc2c(-c3[nH]c4cc(F)ccc4c3C[C@H]3C[C@@H](OC(C)=O)CN3)[nH]c3cc(F)ccc23)C1. The van der Waals surface area contributed by atoms with Crippen LogP contribution in [0.4, 0.5) is 8.78 Å². The standard InChI is InChI=1S/C30H32F2N4O4/c1-15(37)39-21-9-19(33-13-21)11-25-23-5-3-17(31)7-27(23)35-29(25)30-26(24-6-4-18(32)8-28(24)36-30)12-20-10-22(14-34-20)40-16(2)38/h3-8,19-22,33-36H,9-14H2,1-2H3/t19-,20+,21-,22+. The highest BCUT2D eigenvalue weighted by Gasteiger charge is 2.31. The molecule has 0 radical (unpaired) electrons. The molecule has 10 heteroatoms. The van der Waals surface area contributed by atoms with Crippen molar-refractivity contribution in [3.63, 3.8) is 0 Å².